The van der Waals surface area contributed by atoms with E-state index in [1.807, 2.05) is 0 Å². The molecule has 0 spiro atoms. The van der Waals surface area contributed by atoms with Crippen molar-refractivity contribution in [1.82, 2.24) is 0 Å². The topological polar surface area (TPSA) is 60.2 Å². The van der Waals surface area contributed by atoms with Crippen LogP contribution in [0.4, 0.5) is 0 Å². The first-order valence-electron chi connectivity index (χ1n) is 2.20. The summed E-state index contributed by atoms with van der Waals surface area (Å²) < 4.78 is 0. The van der Waals surface area contributed by atoms with Crippen LogP contribution in [0.15, 0.2) is 0 Å². The molecule has 0 aromatic rings. The number of carbonyl (C=O) groups is 1. The highest BCUT2D eigenvalue weighted by molar-refractivity contribution is 5.94. The fourth-order valence-electron chi connectivity index (χ4n) is 0.0503. The molecule has 0 saturated carbocycles. The SMILES string of the molecule is CC(C)([C]=O)C(N)=O. The molecule has 0 aliphatic rings. The summed E-state index contributed by atoms with van der Waals surface area (Å²) in [5.74, 6) is -0.646. The van der Waals surface area contributed by atoms with Crippen molar-refractivity contribution in [3.63, 3.8) is 0 Å². The zero-order valence-corrected chi connectivity index (χ0v) is 4.89. The lowest BCUT2D eigenvalue weighted by Crippen LogP contribution is -2.32. The molecule has 0 atom stereocenters. The van der Waals surface area contributed by atoms with E-state index in [9.17, 15) is 9.59 Å². The number of rotatable bonds is 2. The van der Waals surface area contributed by atoms with Gasteiger partial charge < -0.3 is 5.73 Å². The van der Waals surface area contributed by atoms with Crippen molar-refractivity contribution >= 4 is 12.2 Å². The van der Waals surface area contributed by atoms with Crippen molar-refractivity contribution in [3.8, 4) is 0 Å². The maximum atomic E-state index is 10.2. The minimum Gasteiger partial charge on any atom is -0.369 e. The highest BCUT2D eigenvalue weighted by atomic mass is 16.2. The molecule has 0 saturated heterocycles. The molecule has 0 aliphatic carbocycles. The first-order valence-corrected chi connectivity index (χ1v) is 2.20. The summed E-state index contributed by atoms with van der Waals surface area (Å²) >= 11 is 0. The standard InChI is InChI=1S/C5H8NO2/c1-5(2,3-7)4(6)8/h1-2H3,(H2,6,8). The molecule has 0 bridgehead atoms. The van der Waals surface area contributed by atoms with E-state index in [-0.39, 0.29) is 0 Å². The Hall–Kier alpha value is -0.860. The lowest BCUT2D eigenvalue weighted by atomic mass is 9.96. The molecule has 45 valence electrons. The van der Waals surface area contributed by atoms with Gasteiger partial charge in [0.1, 0.15) is 5.41 Å². The fraction of sp³-hybridized carbons (Fsp3) is 0.600. The van der Waals surface area contributed by atoms with Crippen molar-refractivity contribution in [3.05, 3.63) is 0 Å². The number of hydrogen-bond donors (Lipinski definition) is 1. The summed E-state index contributed by atoms with van der Waals surface area (Å²) in [7, 11) is 0. The van der Waals surface area contributed by atoms with Gasteiger partial charge in [0, 0.05) is 0 Å². The van der Waals surface area contributed by atoms with Crippen LogP contribution in [0.25, 0.3) is 0 Å². The molecule has 0 aromatic heterocycles. The molecule has 1 radical (unpaired) electrons. The Morgan fingerprint density at radius 2 is 2.00 bits per heavy atom. The minimum atomic E-state index is -1.12. The fourth-order valence-corrected chi connectivity index (χ4v) is 0.0503. The minimum absolute atomic E-state index is 0.646. The molecule has 0 fully saturated rings. The summed E-state index contributed by atoms with van der Waals surface area (Å²) in [6.45, 7) is 2.84. The number of hydrogen-bond acceptors (Lipinski definition) is 2. The third-order valence-corrected chi connectivity index (χ3v) is 0.871. The average Bonchev–Trinajstić information content (AvgIpc) is 1.67. The Kier molecular flexibility index (Phi) is 1.73. The summed E-state index contributed by atoms with van der Waals surface area (Å²) in [5, 5.41) is 0. The molecule has 3 nitrogen and oxygen atoms in total. The van der Waals surface area contributed by atoms with Gasteiger partial charge >= 0.3 is 0 Å². The molecule has 0 unspecified atom stereocenters. The van der Waals surface area contributed by atoms with Crippen LogP contribution < -0.4 is 5.73 Å². The average molecular weight is 114 g/mol. The number of carbonyl (C=O) groups excluding carboxylic acids is 2. The lowest BCUT2D eigenvalue weighted by molar-refractivity contribution is -0.122. The molecule has 2 N–H and O–H groups in total. The summed E-state index contributed by atoms with van der Waals surface area (Å²) in [5.41, 5.74) is 3.65. The van der Waals surface area contributed by atoms with Gasteiger partial charge in [-0.2, -0.15) is 0 Å². The predicted octanol–water partition coefficient (Wildman–Crippen LogP) is -0.392. The van der Waals surface area contributed by atoms with E-state index in [2.05, 4.69) is 0 Å². The number of nitrogens with two attached hydrogens (primary N) is 1. The van der Waals surface area contributed by atoms with Crippen molar-refractivity contribution in [2.24, 2.45) is 11.1 Å². The smallest absolute Gasteiger partial charge is 0.231 e. The van der Waals surface area contributed by atoms with Crippen LogP contribution in [0.2, 0.25) is 0 Å². The molecule has 0 aliphatic heterocycles. The quantitative estimate of drug-likeness (QED) is 0.497. The van der Waals surface area contributed by atoms with E-state index < -0.39 is 11.3 Å². The van der Waals surface area contributed by atoms with E-state index in [0.29, 0.717) is 0 Å². The molecule has 0 aromatic carbocycles. The van der Waals surface area contributed by atoms with E-state index in [4.69, 9.17) is 5.73 Å². The molecule has 0 rings (SSSR count). The number of amides is 1. The van der Waals surface area contributed by atoms with Crippen LogP contribution in [0.5, 0.6) is 0 Å². The Morgan fingerprint density at radius 1 is 1.62 bits per heavy atom. The third kappa shape index (κ3) is 1.33. The van der Waals surface area contributed by atoms with Gasteiger partial charge in [-0.25, -0.2) is 0 Å². The summed E-state index contributed by atoms with van der Waals surface area (Å²) in [6, 6.07) is 0. The van der Waals surface area contributed by atoms with Crippen molar-refractivity contribution in [2.75, 3.05) is 0 Å². The van der Waals surface area contributed by atoms with Gasteiger partial charge in [-0.1, -0.05) is 0 Å². The Labute approximate surface area is 47.9 Å². The molecule has 0 heterocycles. The number of primary amides is 1. The van der Waals surface area contributed by atoms with E-state index in [1.54, 1.807) is 0 Å². The molecular formula is C5H8NO2. The highest BCUT2D eigenvalue weighted by Crippen LogP contribution is 2.07. The van der Waals surface area contributed by atoms with E-state index >= 15 is 0 Å². The summed E-state index contributed by atoms with van der Waals surface area (Å²) in [6.07, 6.45) is 1.52. The second-order valence-electron chi connectivity index (χ2n) is 2.09. The monoisotopic (exact) mass is 114 g/mol. The second kappa shape index (κ2) is 1.94. The largest absolute Gasteiger partial charge is 0.369 e. The van der Waals surface area contributed by atoms with Gasteiger partial charge in [0.05, 0.1) is 0 Å². The van der Waals surface area contributed by atoms with E-state index in [1.165, 1.54) is 20.1 Å². The third-order valence-electron chi connectivity index (χ3n) is 0.871. The van der Waals surface area contributed by atoms with Gasteiger partial charge in [-0.05, 0) is 13.8 Å². The normalized spacial score (nSPS) is 10.8. The molecule has 3 heteroatoms. The molecule has 8 heavy (non-hydrogen) atoms. The maximum Gasteiger partial charge on any atom is 0.231 e. The van der Waals surface area contributed by atoms with Gasteiger partial charge in [0.2, 0.25) is 12.2 Å². The van der Waals surface area contributed by atoms with Gasteiger partial charge in [-0.3, -0.25) is 9.59 Å². The van der Waals surface area contributed by atoms with Crippen LogP contribution in [-0.2, 0) is 9.59 Å². The van der Waals surface area contributed by atoms with Gasteiger partial charge in [-0.15, -0.1) is 0 Å². The van der Waals surface area contributed by atoms with Crippen LogP contribution in [-0.4, -0.2) is 12.2 Å². The van der Waals surface area contributed by atoms with Crippen molar-refractivity contribution in [2.45, 2.75) is 13.8 Å². The Morgan fingerprint density at radius 3 is 2.00 bits per heavy atom. The van der Waals surface area contributed by atoms with Crippen LogP contribution in [0, 0.1) is 5.41 Å². The van der Waals surface area contributed by atoms with Crippen LogP contribution in [0.3, 0.4) is 0 Å². The first kappa shape index (κ1) is 7.14. The van der Waals surface area contributed by atoms with Gasteiger partial charge in [0.15, 0.2) is 0 Å². The molecule has 1 amide bonds. The zero-order valence-electron chi connectivity index (χ0n) is 4.89. The van der Waals surface area contributed by atoms with Gasteiger partial charge in [0.25, 0.3) is 0 Å². The zero-order chi connectivity index (χ0) is 6.78. The lowest BCUT2D eigenvalue weighted by Gasteiger charge is -2.07. The Balaban J connectivity index is 4.12. The summed E-state index contributed by atoms with van der Waals surface area (Å²) in [4.78, 5) is 20.1. The first-order chi connectivity index (χ1) is 3.50. The van der Waals surface area contributed by atoms with Crippen LogP contribution >= 0.6 is 0 Å². The van der Waals surface area contributed by atoms with Crippen LogP contribution in [0.1, 0.15) is 13.8 Å². The van der Waals surface area contributed by atoms with Crippen molar-refractivity contribution in [1.29, 1.82) is 0 Å². The van der Waals surface area contributed by atoms with Crippen molar-refractivity contribution < 1.29 is 9.59 Å². The Bertz CT molecular complexity index is 118. The predicted molar refractivity (Wildman–Crippen MR) is 28.7 cm³/mol. The molecular weight excluding hydrogens is 106 g/mol. The van der Waals surface area contributed by atoms with E-state index in [0.717, 1.165) is 0 Å². The second-order valence-corrected chi connectivity index (χ2v) is 2.09. The highest BCUT2D eigenvalue weighted by Gasteiger charge is 2.24. The maximum absolute atomic E-state index is 10.2.